The van der Waals surface area contributed by atoms with Gasteiger partial charge in [-0.2, -0.15) is 8.42 Å². The highest BCUT2D eigenvalue weighted by Gasteiger charge is 2.40. The second kappa shape index (κ2) is 4.66. The van der Waals surface area contributed by atoms with Gasteiger partial charge in [0.05, 0.1) is 0 Å². The van der Waals surface area contributed by atoms with Gasteiger partial charge in [0, 0.05) is 0 Å². The fourth-order valence-electron chi connectivity index (χ4n) is 1.16. The smallest absolute Gasteiger partial charge is 0.335 e. The first-order chi connectivity index (χ1) is 7.95. The molecule has 1 aromatic rings. The van der Waals surface area contributed by atoms with E-state index < -0.39 is 23.4 Å². The van der Waals surface area contributed by atoms with E-state index in [0.717, 1.165) is 0 Å². The van der Waals surface area contributed by atoms with E-state index in [-0.39, 0.29) is 10.8 Å². The van der Waals surface area contributed by atoms with Crippen LogP contribution in [0.3, 0.4) is 0 Å². The number of hydrogen-bond donors (Lipinski definition) is 0. The third kappa shape index (κ3) is 3.32. The third-order valence-electron chi connectivity index (χ3n) is 3.28. The van der Waals surface area contributed by atoms with Crippen LogP contribution in [0, 0.1) is 0 Å². The van der Waals surface area contributed by atoms with Crippen LogP contribution in [0.2, 0.25) is 18.1 Å². The van der Waals surface area contributed by atoms with Crippen LogP contribution < -0.4 is 4.43 Å². The second-order valence-corrected chi connectivity index (χ2v) is 11.8. The van der Waals surface area contributed by atoms with Crippen LogP contribution in [0.25, 0.3) is 0 Å². The lowest BCUT2D eigenvalue weighted by Crippen LogP contribution is -2.44. The van der Waals surface area contributed by atoms with Crippen molar-refractivity contribution in [1.82, 2.24) is 0 Å². The summed E-state index contributed by atoms with van der Waals surface area (Å²) in [6.45, 7) is 10.1. The van der Waals surface area contributed by atoms with Crippen LogP contribution >= 0.6 is 0 Å². The molecule has 3 nitrogen and oxygen atoms in total. The SMILES string of the molecule is CC(C)(C)[Si](C)(C)Oc1ccccc1S(=O)(=O)F. The van der Waals surface area contributed by atoms with Crippen LogP contribution in [-0.2, 0) is 10.2 Å². The van der Waals surface area contributed by atoms with Crippen LogP contribution in [0.15, 0.2) is 29.2 Å². The summed E-state index contributed by atoms with van der Waals surface area (Å²) < 4.78 is 41.1. The first-order valence-corrected chi connectivity index (χ1v) is 9.97. The Bertz CT molecular complexity index is 532. The molecule has 0 atom stereocenters. The summed E-state index contributed by atoms with van der Waals surface area (Å²) >= 11 is 0. The fourth-order valence-corrected chi connectivity index (χ4v) is 2.86. The topological polar surface area (TPSA) is 43.4 Å². The Labute approximate surface area is 109 Å². The van der Waals surface area contributed by atoms with Crippen LogP contribution in [0.4, 0.5) is 3.89 Å². The minimum absolute atomic E-state index is 0.0831. The maximum absolute atomic E-state index is 13.2. The molecule has 1 rings (SSSR count). The van der Waals surface area contributed by atoms with Crippen molar-refractivity contribution in [3.05, 3.63) is 24.3 Å². The largest absolute Gasteiger partial charge is 0.543 e. The van der Waals surface area contributed by atoms with Crippen LogP contribution in [0.5, 0.6) is 5.75 Å². The van der Waals surface area contributed by atoms with Gasteiger partial charge in [0.15, 0.2) is 0 Å². The molecule has 0 N–H and O–H groups in total. The molecule has 102 valence electrons. The Balaban J connectivity index is 3.22. The summed E-state index contributed by atoms with van der Waals surface area (Å²) in [6, 6.07) is 5.83. The predicted octanol–water partition coefficient (Wildman–Crippen LogP) is 3.73. The molecular formula is C12H19FO3SSi. The number of para-hydroxylation sites is 1. The van der Waals surface area contributed by atoms with Gasteiger partial charge in [-0.3, -0.25) is 0 Å². The van der Waals surface area contributed by atoms with E-state index in [4.69, 9.17) is 4.43 Å². The highest BCUT2D eigenvalue weighted by molar-refractivity contribution is 7.86. The first kappa shape index (κ1) is 15.2. The summed E-state index contributed by atoms with van der Waals surface area (Å²) in [5, 5.41) is -0.0831. The van der Waals surface area contributed by atoms with Gasteiger partial charge in [0.25, 0.3) is 8.32 Å². The van der Waals surface area contributed by atoms with Crippen molar-refractivity contribution in [3.63, 3.8) is 0 Å². The maximum Gasteiger partial charge on any atom is 0.335 e. The van der Waals surface area contributed by atoms with Gasteiger partial charge in [-0.1, -0.05) is 32.9 Å². The molecule has 0 spiro atoms. The summed E-state index contributed by atoms with van der Waals surface area (Å²) in [6.07, 6.45) is 0. The van der Waals surface area contributed by atoms with Crippen molar-refractivity contribution in [2.45, 2.75) is 43.8 Å². The lowest BCUT2D eigenvalue weighted by Gasteiger charge is -2.36. The molecular weight excluding hydrogens is 271 g/mol. The number of halogens is 1. The zero-order chi connectivity index (χ0) is 14.2. The van der Waals surface area contributed by atoms with Crippen molar-refractivity contribution in [2.75, 3.05) is 0 Å². The standard InChI is InChI=1S/C12H19FO3SSi/c1-12(2,3)18(4,5)16-10-8-6-7-9-11(10)17(13,14)15/h6-9H,1-5H3. The van der Waals surface area contributed by atoms with E-state index in [1.807, 2.05) is 33.9 Å². The second-order valence-electron chi connectivity index (χ2n) is 5.75. The number of rotatable bonds is 3. The third-order valence-corrected chi connectivity index (χ3v) is 8.49. The van der Waals surface area contributed by atoms with E-state index >= 15 is 0 Å². The average Bonchev–Trinajstić information content (AvgIpc) is 2.14. The summed E-state index contributed by atoms with van der Waals surface area (Å²) in [4.78, 5) is -0.394. The predicted molar refractivity (Wildman–Crippen MR) is 72.6 cm³/mol. The van der Waals surface area contributed by atoms with Gasteiger partial charge in [-0.25, -0.2) is 0 Å². The monoisotopic (exact) mass is 290 g/mol. The van der Waals surface area contributed by atoms with Crippen molar-refractivity contribution < 1.29 is 16.7 Å². The molecule has 0 saturated carbocycles. The van der Waals surface area contributed by atoms with E-state index in [1.165, 1.54) is 18.2 Å². The normalized spacial score (nSPS) is 13.4. The Kier molecular flexibility index (Phi) is 3.93. The van der Waals surface area contributed by atoms with E-state index in [2.05, 4.69) is 0 Å². The van der Waals surface area contributed by atoms with Gasteiger partial charge in [0.1, 0.15) is 10.6 Å². The minimum atomic E-state index is -4.75. The zero-order valence-corrected chi connectivity index (χ0v) is 13.1. The minimum Gasteiger partial charge on any atom is -0.543 e. The fraction of sp³-hybridized carbons (Fsp3) is 0.500. The molecule has 0 radical (unpaired) electrons. The lowest BCUT2D eigenvalue weighted by atomic mass is 10.2. The van der Waals surface area contributed by atoms with Gasteiger partial charge >= 0.3 is 10.2 Å². The molecule has 0 aliphatic rings. The van der Waals surface area contributed by atoms with Gasteiger partial charge in [-0.15, -0.1) is 3.89 Å². The van der Waals surface area contributed by atoms with Gasteiger partial charge < -0.3 is 4.43 Å². The molecule has 6 heteroatoms. The van der Waals surface area contributed by atoms with E-state index in [1.54, 1.807) is 6.07 Å². The molecule has 0 heterocycles. The van der Waals surface area contributed by atoms with Gasteiger partial charge in [0.2, 0.25) is 0 Å². The molecule has 0 unspecified atom stereocenters. The van der Waals surface area contributed by atoms with E-state index in [0.29, 0.717) is 0 Å². The lowest BCUT2D eigenvalue weighted by molar-refractivity contribution is 0.476. The molecule has 1 aromatic carbocycles. The maximum atomic E-state index is 13.2. The number of benzene rings is 1. The highest BCUT2D eigenvalue weighted by Crippen LogP contribution is 2.39. The Morgan fingerprint density at radius 2 is 1.67 bits per heavy atom. The van der Waals surface area contributed by atoms with Crippen molar-refractivity contribution in [2.24, 2.45) is 0 Å². The highest BCUT2D eigenvalue weighted by atomic mass is 32.3. The Morgan fingerprint density at radius 3 is 2.11 bits per heavy atom. The van der Waals surface area contributed by atoms with Crippen molar-refractivity contribution in [1.29, 1.82) is 0 Å². The van der Waals surface area contributed by atoms with E-state index in [9.17, 15) is 12.3 Å². The molecule has 0 aliphatic heterocycles. The van der Waals surface area contributed by atoms with Gasteiger partial charge in [-0.05, 0) is 30.3 Å². The van der Waals surface area contributed by atoms with Crippen LogP contribution in [-0.4, -0.2) is 16.7 Å². The Morgan fingerprint density at radius 1 is 1.17 bits per heavy atom. The zero-order valence-electron chi connectivity index (χ0n) is 11.3. The van der Waals surface area contributed by atoms with Crippen molar-refractivity contribution in [3.8, 4) is 5.75 Å². The molecule has 0 fully saturated rings. The first-order valence-electron chi connectivity index (χ1n) is 5.68. The summed E-state index contributed by atoms with van der Waals surface area (Å²) in [5.41, 5.74) is 0. The van der Waals surface area contributed by atoms with Crippen LogP contribution in [0.1, 0.15) is 20.8 Å². The average molecular weight is 290 g/mol. The molecule has 0 amide bonds. The number of hydrogen-bond acceptors (Lipinski definition) is 3. The molecule has 0 aliphatic carbocycles. The molecule has 0 saturated heterocycles. The summed E-state index contributed by atoms with van der Waals surface area (Å²) in [7, 11) is -6.94. The summed E-state index contributed by atoms with van der Waals surface area (Å²) in [5.74, 6) is 0.103. The molecule has 0 bridgehead atoms. The van der Waals surface area contributed by atoms with Crippen molar-refractivity contribution >= 4 is 18.5 Å². The molecule has 18 heavy (non-hydrogen) atoms. The Hall–Kier alpha value is -0.883. The quantitative estimate of drug-likeness (QED) is 0.629. The molecule has 0 aromatic heterocycles.